The zero-order valence-corrected chi connectivity index (χ0v) is 11.0. The van der Waals surface area contributed by atoms with E-state index in [0.29, 0.717) is 11.5 Å². The van der Waals surface area contributed by atoms with Crippen molar-refractivity contribution < 1.29 is 4.79 Å². The largest absolute Gasteiger partial charge is 0.370 e. The van der Waals surface area contributed by atoms with Gasteiger partial charge in [-0.25, -0.2) is 4.98 Å². The number of hydrogen-bond donors (Lipinski definition) is 2. The lowest BCUT2D eigenvalue weighted by Gasteiger charge is -2.15. The molecule has 5 nitrogen and oxygen atoms in total. The van der Waals surface area contributed by atoms with Gasteiger partial charge >= 0.3 is 0 Å². The minimum absolute atomic E-state index is 0.435. The summed E-state index contributed by atoms with van der Waals surface area (Å²) in [6, 6.07) is 4.40. The number of amides is 1. The van der Waals surface area contributed by atoms with E-state index in [0.717, 1.165) is 18.4 Å². The summed E-state index contributed by atoms with van der Waals surface area (Å²) in [5.41, 5.74) is 5.63. The Labute approximate surface area is 113 Å². The number of likely N-dealkylation sites (tertiary alicyclic amines) is 1. The number of primary amides is 1. The first-order valence-electron chi connectivity index (χ1n) is 6.96. The number of carbonyl (C=O) groups excluding carboxylic acids is 1. The second-order valence-corrected chi connectivity index (χ2v) is 5.56. The molecule has 19 heavy (non-hydrogen) atoms. The predicted molar refractivity (Wildman–Crippen MR) is 73.9 cm³/mol. The Kier molecular flexibility index (Phi) is 3.38. The zero-order chi connectivity index (χ0) is 13.2. The van der Waals surface area contributed by atoms with E-state index >= 15 is 0 Å². The number of anilines is 1. The third kappa shape index (κ3) is 3.04. The van der Waals surface area contributed by atoms with E-state index in [-0.39, 0.29) is 0 Å². The number of nitrogens with two attached hydrogens (primary N) is 1. The Bertz CT molecular complexity index is 455. The third-order valence-corrected chi connectivity index (χ3v) is 4.00. The van der Waals surface area contributed by atoms with E-state index in [2.05, 4.69) is 15.2 Å². The van der Waals surface area contributed by atoms with Crippen LogP contribution in [0.15, 0.2) is 18.3 Å². The summed E-state index contributed by atoms with van der Waals surface area (Å²) in [6.07, 6.45) is 5.56. The van der Waals surface area contributed by atoms with E-state index in [1.165, 1.54) is 38.5 Å². The van der Waals surface area contributed by atoms with Crippen LogP contribution in [0.2, 0.25) is 0 Å². The smallest absolute Gasteiger partial charge is 0.250 e. The minimum atomic E-state index is -0.435. The van der Waals surface area contributed by atoms with Crippen molar-refractivity contribution in [1.82, 2.24) is 9.88 Å². The first-order valence-corrected chi connectivity index (χ1v) is 6.96. The highest BCUT2D eigenvalue weighted by atomic mass is 16.1. The highest BCUT2D eigenvalue weighted by Gasteiger charge is 2.34. The van der Waals surface area contributed by atoms with E-state index in [9.17, 15) is 4.79 Å². The molecule has 2 heterocycles. The Morgan fingerprint density at radius 3 is 2.89 bits per heavy atom. The van der Waals surface area contributed by atoms with Gasteiger partial charge in [0.15, 0.2) is 0 Å². The van der Waals surface area contributed by atoms with Gasteiger partial charge in [-0.1, -0.05) is 0 Å². The summed E-state index contributed by atoms with van der Waals surface area (Å²) in [5, 5.41) is 3.34. The fourth-order valence-electron chi connectivity index (χ4n) is 2.69. The van der Waals surface area contributed by atoms with E-state index < -0.39 is 5.91 Å². The molecule has 2 aliphatic rings. The van der Waals surface area contributed by atoms with Gasteiger partial charge in [0.2, 0.25) is 5.91 Å². The number of nitrogens with one attached hydrogen (secondary N) is 1. The van der Waals surface area contributed by atoms with Crippen molar-refractivity contribution in [3.63, 3.8) is 0 Å². The molecule has 0 spiro atoms. The quantitative estimate of drug-likeness (QED) is 0.831. The number of carbonyl (C=O) groups is 1. The maximum atomic E-state index is 10.9. The molecule has 1 atom stereocenters. The zero-order valence-electron chi connectivity index (χ0n) is 11.0. The van der Waals surface area contributed by atoms with Crippen molar-refractivity contribution in [3.05, 3.63) is 23.9 Å². The molecule has 1 aliphatic carbocycles. The first-order chi connectivity index (χ1) is 9.22. The molecule has 1 aliphatic heterocycles. The fourth-order valence-corrected chi connectivity index (χ4v) is 2.69. The van der Waals surface area contributed by atoms with Crippen LogP contribution in [0, 0.1) is 5.92 Å². The van der Waals surface area contributed by atoms with Gasteiger partial charge in [-0.2, -0.15) is 0 Å². The molecule has 1 saturated carbocycles. The van der Waals surface area contributed by atoms with E-state index in [1.54, 1.807) is 6.07 Å². The van der Waals surface area contributed by atoms with Crippen LogP contribution in [0.4, 0.5) is 5.82 Å². The van der Waals surface area contributed by atoms with Crippen LogP contribution in [0.5, 0.6) is 0 Å². The Morgan fingerprint density at radius 1 is 1.42 bits per heavy atom. The van der Waals surface area contributed by atoms with Gasteiger partial charge in [0.1, 0.15) is 5.82 Å². The molecule has 0 radical (unpaired) electrons. The summed E-state index contributed by atoms with van der Waals surface area (Å²) >= 11 is 0. The van der Waals surface area contributed by atoms with Gasteiger partial charge in [-0.3, -0.25) is 4.79 Å². The van der Waals surface area contributed by atoms with Gasteiger partial charge in [0, 0.05) is 25.3 Å². The molecule has 1 unspecified atom stereocenters. The van der Waals surface area contributed by atoms with Crippen LogP contribution in [-0.2, 0) is 0 Å². The molecule has 0 bridgehead atoms. The average molecular weight is 260 g/mol. The lowest BCUT2D eigenvalue weighted by Crippen LogP contribution is -2.25. The molecule has 5 heteroatoms. The van der Waals surface area contributed by atoms with Gasteiger partial charge in [0.05, 0.1) is 5.56 Å². The molecule has 0 aromatic carbocycles. The summed E-state index contributed by atoms with van der Waals surface area (Å²) in [4.78, 5) is 17.8. The maximum absolute atomic E-state index is 10.9. The van der Waals surface area contributed by atoms with E-state index in [1.807, 2.05) is 6.07 Å². The summed E-state index contributed by atoms with van der Waals surface area (Å²) < 4.78 is 0. The van der Waals surface area contributed by atoms with Crippen molar-refractivity contribution in [1.29, 1.82) is 0 Å². The van der Waals surface area contributed by atoms with Crippen LogP contribution in [0.1, 0.15) is 29.6 Å². The van der Waals surface area contributed by atoms with Gasteiger partial charge in [0.25, 0.3) is 0 Å². The number of nitrogens with zero attached hydrogens (tertiary/aromatic N) is 2. The van der Waals surface area contributed by atoms with Crippen molar-refractivity contribution in [2.45, 2.75) is 25.3 Å². The molecule has 2 fully saturated rings. The van der Waals surface area contributed by atoms with E-state index in [4.69, 9.17) is 5.73 Å². The SMILES string of the molecule is NC(=O)c1ccc(NCC2CCN(C3CC3)C2)nc1. The highest BCUT2D eigenvalue weighted by Crippen LogP contribution is 2.31. The lowest BCUT2D eigenvalue weighted by molar-refractivity contribution is 0.1000. The van der Waals surface area contributed by atoms with Crippen LogP contribution in [0.25, 0.3) is 0 Å². The Hall–Kier alpha value is -1.62. The van der Waals surface area contributed by atoms with Crippen LogP contribution >= 0.6 is 0 Å². The van der Waals surface area contributed by atoms with Crippen LogP contribution in [0.3, 0.4) is 0 Å². The summed E-state index contributed by atoms with van der Waals surface area (Å²) in [5.74, 6) is 1.09. The van der Waals surface area contributed by atoms with Gasteiger partial charge < -0.3 is 16.0 Å². The van der Waals surface area contributed by atoms with Crippen LogP contribution < -0.4 is 11.1 Å². The average Bonchev–Trinajstić information content (AvgIpc) is 3.16. The molecule has 1 saturated heterocycles. The second-order valence-electron chi connectivity index (χ2n) is 5.56. The predicted octanol–water partition coefficient (Wildman–Crippen LogP) is 1.08. The summed E-state index contributed by atoms with van der Waals surface area (Å²) in [6.45, 7) is 3.40. The normalized spacial score (nSPS) is 23.5. The number of hydrogen-bond acceptors (Lipinski definition) is 4. The Balaban J connectivity index is 1.48. The molecule has 3 rings (SSSR count). The number of pyridine rings is 1. The topological polar surface area (TPSA) is 71.2 Å². The van der Waals surface area contributed by atoms with Crippen molar-refractivity contribution >= 4 is 11.7 Å². The molecular formula is C14H20N4O. The monoisotopic (exact) mass is 260 g/mol. The van der Waals surface area contributed by atoms with Gasteiger partial charge in [-0.15, -0.1) is 0 Å². The fraction of sp³-hybridized carbons (Fsp3) is 0.571. The number of aromatic nitrogens is 1. The van der Waals surface area contributed by atoms with Crippen molar-refractivity contribution in [2.24, 2.45) is 11.7 Å². The summed E-state index contributed by atoms with van der Waals surface area (Å²) in [7, 11) is 0. The second kappa shape index (κ2) is 5.17. The molecule has 3 N–H and O–H groups in total. The molecule has 102 valence electrons. The van der Waals surface area contributed by atoms with Crippen molar-refractivity contribution in [2.75, 3.05) is 25.0 Å². The lowest BCUT2D eigenvalue weighted by atomic mass is 10.1. The molecule has 1 aromatic heterocycles. The highest BCUT2D eigenvalue weighted by molar-refractivity contribution is 5.92. The van der Waals surface area contributed by atoms with Crippen LogP contribution in [-0.4, -0.2) is 41.5 Å². The van der Waals surface area contributed by atoms with Gasteiger partial charge in [-0.05, 0) is 43.9 Å². The molecule has 1 amide bonds. The Morgan fingerprint density at radius 2 is 2.26 bits per heavy atom. The third-order valence-electron chi connectivity index (χ3n) is 4.00. The first kappa shape index (κ1) is 12.4. The minimum Gasteiger partial charge on any atom is -0.370 e. The molecule has 1 aromatic rings. The number of rotatable bonds is 5. The van der Waals surface area contributed by atoms with Crippen molar-refractivity contribution in [3.8, 4) is 0 Å². The standard InChI is InChI=1S/C14H20N4O/c15-14(19)11-1-4-13(17-8-11)16-7-10-5-6-18(9-10)12-2-3-12/h1,4,8,10,12H,2-3,5-7,9H2,(H2,15,19)(H,16,17). The molecular weight excluding hydrogens is 240 g/mol. The maximum Gasteiger partial charge on any atom is 0.250 e.